The zero-order valence-corrected chi connectivity index (χ0v) is 9.66. The molecule has 0 saturated carbocycles. The first-order valence-electron chi connectivity index (χ1n) is 3.48. The molecule has 2 heteroatoms. The molecule has 1 rings (SSSR count). The van der Waals surface area contributed by atoms with Crippen LogP contribution in [0.5, 0.6) is 0 Å². The summed E-state index contributed by atoms with van der Waals surface area (Å²) in [7, 11) is 0. The Bertz CT molecular complexity index is 233. The molecule has 1 radical (unpaired) electrons. The largest absolute Gasteiger partial charge is 0.0587 e. The molecule has 0 nitrogen and oxygen atoms in total. The molecular formula is C9H9Br2. The van der Waals surface area contributed by atoms with Gasteiger partial charge in [0.25, 0.3) is 0 Å². The van der Waals surface area contributed by atoms with Crippen LogP contribution in [0.4, 0.5) is 0 Å². The van der Waals surface area contributed by atoms with Crippen molar-refractivity contribution in [2.24, 2.45) is 0 Å². The lowest BCUT2D eigenvalue weighted by atomic mass is 10.0. The van der Waals surface area contributed by atoms with E-state index in [4.69, 9.17) is 0 Å². The van der Waals surface area contributed by atoms with E-state index in [1.54, 1.807) is 0 Å². The first kappa shape index (κ1) is 9.27. The number of hydrogen-bond acceptors (Lipinski definition) is 0. The summed E-state index contributed by atoms with van der Waals surface area (Å²) >= 11 is 6.83. The number of benzene rings is 1. The molecule has 0 aliphatic heterocycles. The van der Waals surface area contributed by atoms with Gasteiger partial charge in [0.05, 0.1) is 0 Å². The van der Waals surface area contributed by atoms with Crippen molar-refractivity contribution in [2.75, 3.05) is 0 Å². The topological polar surface area (TPSA) is 0 Å². The standard InChI is InChI=1S/C9H9Br2/c1-6(2)7-3-8(10)5-9(11)4-7/h3,5-6H,1-2H3. The highest BCUT2D eigenvalue weighted by Gasteiger charge is 2.01. The van der Waals surface area contributed by atoms with Crippen LogP contribution in [0.15, 0.2) is 21.1 Å². The molecule has 0 saturated heterocycles. The molecule has 0 atom stereocenters. The minimum atomic E-state index is 0.531. The highest BCUT2D eigenvalue weighted by Crippen LogP contribution is 2.23. The Labute approximate surface area is 84.3 Å². The third kappa shape index (κ3) is 2.60. The lowest BCUT2D eigenvalue weighted by molar-refractivity contribution is 0.862. The molecule has 0 aliphatic rings. The van der Waals surface area contributed by atoms with E-state index in [9.17, 15) is 0 Å². The van der Waals surface area contributed by atoms with E-state index in [0.717, 1.165) is 8.95 Å². The molecule has 0 aromatic heterocycles. The fourth-order valence-corrected chi connectivity index (χ4v) is 2.09. The van der Waals surface area contributed by atoms with Gasteiger partial charge in [-0.3, -0.25) is 0 Å². The van der Waals surface area contributed by atoms with Crippen molar-refractivity contribution in [1.82, 2.24) is 0 Å². The van der Waals surface area contributed by atoms with Crippen LogP contribution in [0.3, 0.4) is 0 Å². The molecule has 59 valence electrons. The Hall–Kier alpha value is 0.180. The van der Waals surface area contributed by atoms with Crippen molar-refractivity contribution in [3.8, 4) is 0 Å². The van der Waals surface area contributed by atoms with Crippen molar-refractivity contribution in [3.05, 3.63) is 32.7 Å². The average Bonchev–Trinajstić information content (AvgIpc) is 1.85. The highest BCUT2D eigenvalue weighted by molar-refractivity contribution is 9.11. The summed E-state index contributed by atoms with van der Waals surface area (Å²) < 4.78 is 2.11. The Morgan fingerprint density at radius 1 is 1.27 bits per heavy atom. The summed E-state index contributed by atoms with van der Waals surface area (Å²) in [6.45, 7) is 4.31. The first-order chi connectivity index (χ1) is 5.09. The maximum atomic E-state index is 3.43. The van der Waals surface area contributed by atoms with Crippen molar-refractivity contribution in [2.45, 2.75) is 19.8 Å². The summed E-state index contributed by atoms with van der Waals surface area (Å²) in [5.74, 6) is 0.531. The molecule has 11 heavy (non-hydrogen) atoms. The van der Waals surface area contributed by atoms with E-state index in [0.29, 0.717) is 5.92 Å². The smallest absolute Gasteiger partial charge is 0.0268 e. The average molecular weight is 277 g/mol. The monoisotopic (exact) mass is 275 g/mol. The van der Waals surface area contributed by atoms with Crippen LogP contribution >= 0.6 is 31.9 Å². The van der Waals surface area contributed by atoms with Gasteiger partial charge in [-0.25, -0.2) is 0 Å². The van der Waals surface area contributed by atoms with E-state index in [1.165, 1.54) is 5.56 Å². The predicted molar refractivity (Wildman–Crippen MR) is 54.8 cm³/mol. The molecular weight excluding hydrogens is 268 g/mol. The summed E-state index contributed by atoms with van der Waals surface area (Å²) in [6, 6.07) is 7.32. The van der Waals surface area contributed by atoms with Gasteiger partial charge in [0.15, 0.2) is 0 Å². The van der Waals surface area contributed by atoms with Gasteiger partial charge in [0.2, 0.25) is 0 Å². The van der Waals surface area contributed by atoms with Crippen LogP contribution in [0.25, 0.3) is 0 Å². The van der Waals surface area contributed by atoms with Gasteiger partial charge in [-0.1, -0.05) is 45.7 Å². The van der Waals surface area contributed by atoms with Gasteiger partial charge >= 0.3 is 0 Å². The molecule has 0 fully saturated rings. The van der Waals surface area contributed by atoms with Gasteiger partial charge in [0, 0.05) is 15.0 Å². The highest BCUT2D eigenvalue weighted by atomic mass is 79.9. The van der Waals surface area contributed by atoms with Crippen molar-refractivity contribution in [3.63, 3.8) is 0 Å². The Balaban J connectivity index is 3.08. The lowest BCUT2D eigenvalue weighted by Crippen LogP contribution is -1.87. The second-order valence-electron chi connectivity index (χ2n) is 2.76. The van der Waals surface area contributed by atoms with Gasteiger partial charge in [-0.2, -0.15) is 0 Å². The van der Waals surface area contributed by atoms with Gasteiger partial charge in [-0.05, 0) is 23.6 Å². The third-order valence-electron chi connectivity index (χ3n) is 1.44. The summed E-state index contributed by atoms with van der Waals surface area (Å²) in [5, 5.41) is 0. The van der Waals surface area contributed by atoms with Crippen molar-refractivity contribution >= 4 is 31.9 Å². The predicted octanol–water partition coefficient (Wildman–Crippen LogP) is 4.14. The van der Waals surface area contributed by atoms with Crippen LogP contribution in [0, 0.1) is 6.07 Å². The summed E-state index contributed by atoms with van der Waals surface area (Å²) in [5.41, 5.74) is 1.23. The van der Waals surface area contributed by atoms with Gasteiger partial charge < -0.3 is 0 Å². The van der Waals surface area contributed by atoms with Crippen molar-refractivity contribution in [1.29, 1.82) is 0 Å². The molecule has 0 N–H and O–H groups in total. The zero-order chi connectivity index (χ0) is 8.43. The minimum absolute atomic E-state index is 0.531. The van der Waals surface area contributed by atoms with Crippen LogP contribution in [-0.2, 0) is 0 Å². The molecule has 1 aromatic carbocycles. The molecule has 0 spiro atoms. The number of halogens is 2. The quantitative estimate of drug-likeness (QED) is 0.723. The SMILES string of the molecule is CC(C)c1[c]c(Br)cc(Br)c1. The lowest BCUT2D eigenvalue weighted by Gasteiger charge is -2.05. The Kier molecular flexibility index (Phi) is 3.14. The summed E-state index contributed by atoms with van der Waals surface area (Å²) in [4.78, 5) is 0. The minimum Gasteiger partial charge on any atom is -0.0587 e. The molecule has 0 unspecified atom stereocenters. The van der Waals surface area contributed by atoms with Crippen molar-refractivity contribution < 1.29 is 0 Å². The third-order valence-corrected chi connectivity index (χ3v) is 2.33. The van der Waals surface area contributed by atoms with Crippen LogP contribution in [-0.4, -0.2) is 0 Å². The van der Waals surface area contributed by atoms with E-state index in [-0.39, 0.29) is 0 Å². The number of hydrogen-bond donors (Lipinski definition) is 0. The first-order valence-corrected chi connectivity index (χ1v) is 5.06. The fraction of sp³-hybridized carbons (Fsp3) is 0.333. The number of rotatable bonds is 1. The fourth-order valence-electron chi connectivity index (χ4n) is 0.832. The van der Waals surface area contributed by atoms with Gasteiger partial charge in [-0.15, -0.1) is 0 Å². The molecule has 1 aromatic rings. The normalized spacial score (nSPS) is 10.6. The maximum absolute atomic E-state index is 3.43. The van der Waals surface area contributed by atoms with Crippen LogP contribution in [0.2, 0.25) is 0 Å². The van der Waals surface area contributed by atoms with E-state index < -0.39 is 0 Å². The Morgan fingerprint density at radius 2 is 1.91 bits per heavy atom. The van der Waals surface area contributed by atoms with E-state index >= 15 is 0 Å². The van der Waals surface area contributed by atoms with Gasteiger partial charge in [0.1, 0.15) is 0 Å². The van der Waals surface area contributed by atoms with E-state index in [2.05, 4.69) is 57.8 Å². The van der Waals surface area contributed by atoms with E-state index in [1.807, 2.05) is 6.07 Å². The summed E-state index contributed by atoms with van der Waals surface area (Å²) in [6.07, 6.45) is 0. The molecule has 0 bridgehead atoms. The molecule has 0 heterocycles. The Morgan fingerprint density at radius 3 is 2.36 bits per heavy atom. The van der Waals surface area contributed by atoms with Crippen LogP contribution in [0.1, 0.15) is 25.3 Å². The van der Waals surface area contributed by atoms with Crippen LogP contribution < -0.4 is 0 Å². The second-order valence-corrected chi connectivity index (χ2v) is 4.53. The second kappa shape index (κ2) is 3.72. The molecule has 0 amide bonds. The zero-order valence-electron chi connectivity index (χ0n) is 6.49. The molecule has 0 aliphatic carbocycles. The maximum Gasteiger partial charge on any atom is 0.0268 e.